The van der Waals surface area contributed by atoms with Gasteiger partial charge in [-0.25, -0.2) is 0 Å². The Morgan fingerprint density at radius 2 is 0.434 bits per heavy atom. The topological polar surface area (TPSA) is 78.9 Å². The molecule has 0 spiro atoms. The molecule has 0 aromatic carbocycles. The van der Waals surface area contributed by atoms with Crippen molar-refractivity contribution in [2.45, 2.75) is 386 Å². The lowest BCUT2D eigenvalue weighted by Gasteiger charge is -2.18. The minimum absolute atomic E-state index is 0.0776. The van der Waals surface area contributed by atoms with Gasteiger partial charge < -0.3 is 14.2 Å². The van der Waals surface area contributed by atoms with E-state index in [0.29, 0.717) is 19.3 Å². The van der Waals surface area contributed by atoms with Crippen LogP contribution in [0.1, 0.15) is 380 Å². The van der Waals surface area contributed by atoms with Crippen LogP contribution >= 0.6 is 0 Å². The molecule has 0 saturated carbocycles. The van der Waals surface area contributed by atoms with Crippen molar-refractivity contribution in [3.8, 4) is 0 Å². The first-order chi connectivity index (χ1) is 41.0. The molecule has 0 saturated heterocycles. The maximum atomic E-state index is 13.0. The van der Waals surface area contributed by atoms with E-state index in [-0.39, 0.29) is 31.1 Å². The van der Waals surface area contributed by atoms with E-state index in [0.717, 1.165) is 83.5 Å². The third-order valence-electron chi connectivity index (χ3n) is 16.2. The quantitative estimate of drug-likeness (QED) is 0.0261. The fourth-order valence-electron chi connectivity index (χ4n) is 10.7. The van der Waals surface area contributed by atoms with E-state index < -0.39 is 6.10 Å². The average Bonchev–Trinajstić information content (AvgIpc) is 3.50. The number of hydrogen-bond donors (Lipinski definition) is 0. The third-order valence-corrected chi connectivity index (χ3v) is 16.2. The smallest absolute Gasteiger partial charge is 0.306 e. The summed E-state index contributed by atoms with van der Waals surface area (Å²) in [6, 6.07) is 0. The van der Waals surface area contributed by atoms with Crippen LogP contribution in [0.5, 0.6) is 0 Å². The Bertz CT molecular complexity index is 1520. The highest BCUT2D eigenvalue weighted by atomic mass is 16.6. The van der Waals surface area contributed by atoms with E-state index in [2.05, 4.69) is 93.7 Å². The van der Waals surface area contributed by atoms with Gasteiger partial charge in [0.25, 0.3) is 0 Å². The first-order valence-electron chi connectivity index (χ1n) is 36.4. The van der Waals surface area contributed by atoms with Crippen LogP contribution in [0.15, 0.2) is 72.9 Å². The predicted molar refractivity (Wildman–Crippen MR) is 362 cm³/mol. The first-order valence-corrected chi connectivity index (χ1v) is 36.4. The van der Waals surface area contributed by atoms with E-state index in [1.807, 2.05) is 0 Å². The highest BCUT2D eigenvalue weighted by Crippen LogP contribution is 2.17. The molecule has 0 aliphatic rings. The standard InChI is InChI=1S/C77H138O6/c1-4-7-10-13-16-19-22-25-28-31-34-35-36-37-38-39-40-41-42-43-44-47-49-52-55-58-61-64-67-70-76(79)82-73-74(83-77(80)71-68-65-62-59-56-53-50-46-33-30-27-24-21-18-15-12-9-6-3)72-81-75(78)69-66-63-60-57-54-51-48-45-32-29-26-23-20-17-14-11-8-5-2/h21-22,24-25,29-34,36-37,74H,4-20,23,26-28,35,38-73H2,1-3H3/b24-21-,25-22-,32-29-,33-30-,34-31-,37-36-. The Balaban J connectivity index is 4.29. The first kappa shape index (κ1) is 79.8. The van der Waals surface area contributed by atoms with Crippen LogP contribution < -0.4 is 0 Å². The van der Waals surface area contributed by atoms with Crippen LogP contribution in [0.4, 0.5) is 0 Å². The van der Waals surface area contributed by atoms with E-state index in [1.165, 1.54) is 257 Å². The van der Waals surface area contributed by atoms with Crippen molar-refractivity contribution >= 4 is 17.9 Å². The van der Waals surface area contributed by atoms with Gasteiger partial charge in [0.15, 0.2) is 6.10 Å². The van der Waals surface area contributed by atoms with Gasteiger partial charge in [0.1, 0.15) is 13.2 Å². The maximum Gasteiger partial charge on any atom is 0.306 e. The van der Waals surface area contributed by atoms with E-state index in [9.17, 15) is 14.4 Å². The van der Waals surface area contributed by atoms with Crippen LogP contribution in [0, 0.1) is 0 Å². The second-order valence-electron chi connectivity index (χ2n) is 24.5. The van der Waals surface area contributed by atoms with Crippen molar-refractivity contribution in [3.05, 3.63) is 72.9 Å². The summed E-state index contributed by atoms with van der Waals surface area (Å²) in [4.78, 5) is 38.5. The summed E-state index contributed by atoms with van der Waals surface area (Å²) in [5, 5.41) is 0. The number of ether oxygens (including phenoxy) is 3. The molecule has 83 heavy (non-hydrogen) atoms. The number of carbonyl (C=O) groups excluding carboxylic acids is 3. The molecule has 1 atom stereocenters. The Kier molecular flexibility index (Phi) is 68.6. The number of carbonyl (C=O) groups is 3. The Hall–Kier alpha value is -3.15. The van der Waals surface area contributed by atoms with E-state index >= 15 is 0 Å². The molecule has 482 valence electrons. The SMILES string of the molecule is CCCCCC/C=C\C/C=C\CCCCCCCCCC(=O)OC(COC(=O)CCCCCCCCC/C=C\CCCCCCCCC)COC(=O)CCCCCCCCCCCCCCCC/C=C\C/C=C\C/C=C\CCCCCCC. The molecule has 0 amide bonds. The van der Waals surface area contributed by atoms with E-state index in [1.54, 1.807) is 0 Å². The monoisotopic (exact) mass is 1160 g/mol. The summed E-state index contributed by atoms with van der Waals surface area (Å²) in [7, 11) is 0. The molecule has 1 unspecified atom stereocenters. The zero-order valence-corrected chi connectivity index (χ0v) is 55.5. The summed E-state index contributed by atoms with van der Waals surface area (Å²) >= 11 is 0. The molecule has 0 heterocycles. The number of allylic oxidation sites excluding steroid dienone is 12. The predicted octanol–water partition coefficient (Wildman–Crippen LogP) is 25.2. The van der Waals surface area contributed by atoms with Gasteiger partial charge in [-0.05, 0) is 116 Å². The van der Waals surface area contributed by atoms with Crippen LogP contribution in [0.25, 0.3) is 0 Å². The molecule has 6 heteroatoms. The van der Waals surface area contributed by atoms with Gasteiger partial charge in [-0.15, -0.1) is 0 Å². The van der Waals surface area contributed by atoms with Crippen molar-refractivity contribution in [2.24, 2.45) is 0 Å². The van der Waals surface area contributed by atoms with Gasteiger partial charge in [-0.1, -0.05) is 318 Å². The minimum atomic E-state index is -0.783. The van der Waals surface area contributed by atoms with Gasteiger partial charge in [0.2, 0.25) is 0 Å². The highest BCUT2D eigenvalue weighted by Gasteiger charge is 2.19. The molecule has 0 N–H and O–H groups in total. The van der Waals surface area contributed by atoms with Crippen molar-refractivity contribution in [3.63, 3.8) is 0 Å². The molecule has 0 aromatic heterocycles. The third kappa shape index (κ3) is 69.5. The lowest BCUT2D eigenvalue weighted by Crippen LogP contribution is -2.30. The van der Waals surface area contributed by atoms with Crippen molar-refractivity contribution in [2.75, 3.05) is 13.2 Å². The van der Waals surface area contributed by atoms with Crippen LogP contribution in [-0.2, 0) is 28.6 Å². The molecule has 0 radical (unpaired) electrons. The molecule has 6 nitrogen and oxygen atoms in total. The number of esters is 3. The summed E-state index contributed by atoms with van der Waals surface area (Å²) in [6.07, 6.45) is 93.5. The van der Waals surface area contributed by atoms with Crippen LogP contribution in [-0.4, -0.2) is 37.2 Å². The second kappa shape index (κ2) is 71.3. The van der Waals surface area contributed by atoms with Crippen LogP contribution in [0.2, 0.25) is 0 Å². The fraction of sp³-hybridized carbons (Fsp3) is 0.805. The molecule has 0 fully saturated rings. The number of rotatable bonds is 67. The average molecular weight is 1160 g/mol. The number of unbranched alkanes of at least 4 members (excludes halogenated alkanes) is 44. The summed E-state index contributed by atoms with van der Waals surface area (Å²) in [5.41, 5.74) is 0. The van der Waals surface area contributed by atoms with Gasteiger partial charge in [-0.2, -0.15) is 0 Å². The normalized spacial score (nSPS) is 12.5. The zero-order chi connectivity index (χ0) is 59.9. The fourth-order valence-corrected chi connectivity index (χ4v) is 10.7. The minimum Gasteiger partial charge on any atom is -0.462 e. The Morgan fingerprint density at radius 3 is 0.699 bits per heavy atom. The van der Waals surface area contributed by atoms with Gasteiger partial charge >= 0.3 is 17.9 Å². The zero-order valence-electron chi connectivity index (χ0n) is 55.5. The Labute approximate surface area is 516 Å². The number of hydrogen-bond acceptors (Lipinski definition) is 6. The van der Waals surface area contributed by atoms with Crippen molar-refractivity contribution in [1.82, 2.24) is 0 Å². The summed E-state index contributed by atoms with van der Waals surface area (Å²) < 4.78 is 17.0. The van der Waals surface area contributed by atoms with Crippen molar-refractivity contribution in [1.29, 1.82) is 0 Å². The molecule has 0 aliphatic heterocycles. The van der Waals surface area contributed by atoms with Gasteiger partial charge in [0.05, 0.1) is 0 Å². The maximum absolute atomic E-state index is 13.0. The largest absolute Gasteiger partial charge is 0.462 e. The highest BCUT2D eigenvalue weighted by molar-refractivity contribution is 5.71. The molecular weight excluding hydrogens is 1020 g/mol. The van der Waals surface area contributed by atoms with Crippen molar-refractivity contribution < 1.29 is 28.6 Å². The lowest BCUT2D eigenvalue weighted by atomic mass is 10.0. The van der Waals surface area contributed by atoms with Gasteiger partial charge in [-0.3, -0.25) is 14.4 Å². The molecule has 0 bridgehead atoms. The van der Waals surface area contributed by atoms with E-state index in [4.69, 9.17) is 14.2 Å². The lowest BCUT2D eigenvalue weighted by molar-refractivity contribution is -0.167. The second-order valence-corrected chi connectivity index (χ2v) is 24.5. The summed E-state index contributed by atoms with van der Waals surface area (Å²) in [5.74, 6) is -0.869. The summed E-state index contributed by atoms with van der Waals surface area (Å²) in [6.45, 7) is 6.66. The Morgan fingerprint density at radius 1 is 0.241 bits per heavy atom. The van der Waals surface area contributed by atoms with Gasteiger partial charge in [0, 0.05) is 19.3 Å². The molecule has 0 aromatic rings. The molecule has 0 aliphatic carbocycles. The van der Waals surface area contributed by atoms with Crippen LogP contribution in [0.3, 0.4) is 0 Å². The molecule has 0 rings (SSSR count). The molecular formula is C77H138O6.